The number of imidazole rings is 1. The zero-order valence-corrected chi connectivity index (χ0v) is 18.3. The molecule has 2 heterocycles. The lowest BCUT2D eigenvalue weighted by Crippen LogP contribution is -2.37. The fourth-order valence-corrected chi connectivity index (χ4v) is 4.80. The van der Waals surface area contributed by atoms with Crippen LogP contribution < -0.4 is 10.6 Å². The van der Waals surface area contributed by atoms with E-state index in [-0.39, 0.29) is 17.9 Å². The van der Waals surface area contributed by atoms with E-state index in [2.05, 4.69) is 51.0 Å². The normalized spacial score (nSPS) is 24.3. The third-order valence-corrected chi connectivity index (χ3v) is 6.66. The van der Waals surface area contributed by atoms with Crippen LogP contribution in [0, 0.1) is 11.8 Å². The van der Waals surface area contributed by atoms with Gasteiger partial charge in [-0.15, -0.1) is 0 Å². The van der Waals surface area contributed by atoms with Crippen molar-refractivity contribution < 1.29 is 14.7 Å². The van der Waals surface area contributed by atoms with Gasteiger partial charge < -0.3 is 20.7 Å². The number of aromatic nitrogens is 2. The van der Waals surface area contributed by atoms with Crippen molar-refractivity contribution in [3.05, 3.63) is 54.0 Å². The van der Waals surface area contributed by atoms with Crippen LogP contribution in [0.2, 0.25) is 0 Å². The Hall–Kier alpha value is -3.09. The zero-order valence-electron chi connectivity index (χ0n) is 18.3. The summed E-state index contributed by atoms with van der Waals surface area (Å²) in [5.74, 6) is 1.13. The number of hydrogen-bond acceptors (Lipinski definition) is 3. The van der Waals surface area contributed by atoms with Crippen molar-refractivity contribution in [1.82, 2.24) is 20.6 Å². The van der Waals surface area contributed by atoms with Crippen LogP contribution >= 0.6 is 0 Å². The molecule has 1 atom stereocenters. The summed E-state index contributed by atoms with van der Waals surface area (Å²) in [6.07, 6.45) is 12.4. The van der Waals surface area contributed by atoms with Crippen molar-refractivity contribution in [2.75, 3.05) is 6.54 Å². The van der Waals surface area contributed by atoms with Gasteiger partial charge in [-0.1, -0.05) is 36.4 Å². The van der Waals surface area contributed by atoms with Crippen molar-refractivity contribution in [2.24, 2.45) is 11.8 Å². The predicted octanol–water partition coefficient (Wildman–Crippen LogP) is 4.59. The molecule has 0 saturated heterocycles. The molecule has 1 aliphatic carbocycles. The second-order valence-electron chi connectivity index (χ2n) is 8.90. The van der Waals surface area contributed by atoms with Gasteiger partial charge in [-0.3, -0.25) is 4.79 Å². The molecule has 0 radical (unpaired) electrons. The summed E-state index contributed by atoms with van der Waals surface area (Å²) in [4.78, 5) is 31.8. The minimum Gasteiger partial charge on any atom is -0.465 e. The number of carbonyl (C=O) groups is 2. The van der Waals surface area contributed by atoms with Gasteiger partial charge in [0, 0.05) is 18.0 Å². The molecule has 4 rings (SSSR count). The third kappa shape index (κ3) is 5.58. The lowest BCUT2D eigenvalue weighted by molar-refractivity contribution is -0.127. The van der Waals surface area contributed by atoms with Gasteiger partial charge in [-0.25, -0.2) is 9.78 Å². The molecule has 2 bridgehead atoms. The summed E-state index contributed by atoms with van der Waals surface area (Å²) in [7, 11) is 0. The quantitative estimate of drug-likeness (QED) is 0.526. The van der Waals surface area contributed by atoms with Crippen molar-refractivity contribution >= 4 is 12.0 Å². The van der Waals surface area contributed by atoms with Crippen molar-refractivity contribution in [3.8, 4) is 11.3 Å². The average Bonchev–Trinajstić information content (AvgIpc) is 3.29. The minimum atomic E-state index is -0.985. The monoisotopic (exact) mass is 436 g/mol. The van der Waals surface area contributed by atoms with Gasteiger partial charge in [0.15, 0.2) is 0 Å². The number of carbonyl (C=O) groups excluding carboxylic acids is 1. The Morgan fingerprint density at radius 3 is 2.75 bits per heavy atom. The first-order chi connectivity index (χ1) is 15.6. The fourth-order valence-electron chi connectivity index (χ4n) is 4.80. The maximum atomic E-state index is 13.0. The average molecular weight is 437 g/mol. The molecule has 1 saturated carbocycles. The maximum absolute atomic E-state index is 13.0. The topological polar surface area (TPSA) is 107 Å². The summed E-state index contributed by atoms with van der Waals surface area (Å²) in [6.45, 7) is 0.466. The van der Waals surface area contributed by atoms with Crippen LogP contribution in [0.15, 0.2) is 42.6 Å². The van der Waals surface area contributed by atoms with Gasteiger partial charge in [0.2, 0.25) is 5.91 Å². The number of carboxylic acid groups (broad SMARTS) is 1. The van der Waals surface area contributed by atoms with Crippen molar-refractivity contribution in [3.63, 3.8) is 0 Å². The van der Waals surface area contributed by atoms with E-state index in [4.69, 9.17) is 5.11 Å². The molecule has 1 aliphatic heterocycles. The summed E-state index contributed by atoms with van der Waals surface area (Å²) in [5.41, 5.74) is 3.48. The van der Waals surface area contributed by atoms with Crippen molar-refractivity contribution in [1.29, 1.82) is 0 Å². The number of aryl methyl sites for hydroxylation is 1. The molecule has 1 aromatic carbocycles. The number of hydrogen-bond donors (Lipinski definition) is 4. The number of nitrogens with zero attached hydrogens (tertiary/aromatic N) is 1. The first kappa shape index (κ1) is 22.1. The summed E-state index contributed by atoms with van der Waals surface area (Å²) in [6, 6.07) is 8.23. The smallest absolute Gasteiger partial charge is 0.404 e. The first-order valence-electron chi connectivity index (χ1n) is 11.7. The predicted molar refractivity (Wildman–Crippen MR) is 123 cm³/mol. The second-order valence-corrected chi connectivity index (χ2v) is 8.90. The summed E-state index contributed by atoms with van der Waals surface area (Å²) < 4.78 is 0. The Morgan fingerprint density at radius 1 is 1.12 bits per heavy atom. The highest BCUT2D eigenvalue weighted by Crippen LogP contribution is 2.30. The van der Waals surface area contributed by atoms with Gasteiger partial charge in [0.25, 0.3) is 0 Å². The summed E-state index contributed by atoms with van der Waals surface area (Å²) in [5, 5.41) is 14.5. The first-order valence-corrected chi connectivity index (χ1v) is 11.7. The molecule has 2 aromatic rings. The van der Waals surface area contributed by atoms with Crippen LogP contribution in [-0.4, -0.2) is 33.6 Å². The van der Waals surface area contributed by atoms with E-state index >= 15 is 0 Å². The highest BCUT2D eigenvalue weighted by Gasteiger charge is 2.28. The van der Waals surface area contributed by atoms with Gasteiger partial charge in [0.05, 0.1) is 17.9 Å². The van der Waals surface area contributed by atoms with E-state index in [0.29, 0.717) is 18.9 Å². The Bertz CT molecular complexity index is 960. The number of amides is 2. The molecule has 2 aliphatic rings. The number of fused-ring (bicyclic) bond motifs is 4. The molecule has 1 fully saturated rings. The molecule has 4 N–H and O–H groups in total. The largest absolute Gasteiger partial charge is 0.465 e. The highest BCUT2D eigenvalue weighted by atomic mass is 16.4. The molecular formula is C25H32N4O3. The van der Waals surface area contributed by atoms with Crippen LogP contribution in [0.5, 0.6) is 0 Å². The van der Waals surface area contributed by atoms with E-state index in [1.54, 1.807) is 0 Å². The van der Waals surface area contributed by atoms with Gasteiger partial charge in [-0.05, 0) is 62.8 Å². The molecule has 2 amide bonds. The van der Waals surface area contributed by atoms with Crippen molar-refractivity contribution in [2.45, 2.75) is 57.4 Å². The lowest BCUT2D eigenvalue weighted by Gasteiger charge is -2.28. The number of aromatic amines is 1. The van der Waals surface area contributed by atoms with Crippen LogP contribution in [0.4, 0.5) is 4.79 Å². The molecule has 7 nitrogen and oxygen atoms in total. The maximum Gasteiger partial charge on any atom is 0.404 e. The molecular weight excluding hydrogens is 404 g/mol. The van der Waals surface area contributed by atoms with E-state index in [0.717, 1.165) is 56.5 Å². The van der Waals surface area contributed by atoms with Gasteiger partial charge in [-0.2, -0.15) is 0 Å². The minimum absolute atomic E-state index is 0.0309. The van der Waals surface area contributed by atoms with Gasteiger partial charge >= 0.3 is 6.09 Å². The summed E-state index contributed by atoms with van der Waals surface area (Å²) >= 11 is 0. The van der Waals surface area contributed by atoms with Crippen LogP contribution in [-0.2, 0) is 11.2 Å². The Labute approximate surface area is 188 Å². The van der Waals surface area contributed by atoms with E-state index < -0.39 is 6.09 Å². The zero-order chi connectivity index (χ0) is 22.3. The lowest BCUT2D eigenvalue weighted by atomic mass is 9.81. The number of H-pyrrole nitrogens is 1. The molecule has 32 heavy (non-hydrogen) atoms. The van der Waals surface area contributed by atoms with Crippen LogP contribution in [0.25, 0.3) is 11.3 Å². The number of allylic oxidation sites excluding steroid dienone is 1. The molecule has 7 heteroatoms. The standard InChI is InChI=1S/C25H32N4O3/c30-24(19-13-11-17(12-14-19)15-27-25(31)32)29-21-10-4-2-1-3-7-18-8-5-6-9-20(18)22-16-26-23(21)28-22/h2,4-6,8-9,16-17,19,21,27H,1,3,7,10-15H2,(H,26,28)(H,29,30)(H,31,32)/b4-2-/t17?,19?,21-/m0/s1. The molecule has 170 valence electrons. The number of nitrogens with one attached hydrogen (secondary N) is 3. The highest BCUT2D eigenvalue weighted by molar-refractivity contribution is 5.79. The Morgan fingerprint density at radius 2 is 1.94 bits per heavy atom. The van der Waals surface area contributed by atoms with E-state index in [1.165, 1.54) is 11.1 Å². The SMILES string of the molecule is O=C(O)NCC1CCC(C(=O)N[C@H]2C/C=C\CCCc3ccccc3-c3cnc2[nH]3)CC1. The number of rotatable bonds is 4. The van der Waals surface area contributed by atoms with Crippen LogP contribution in [0.3, 0.4) is 0 Å². The third-order valence-electron chi connectivity index (χ3n) is 6.66. The Balaban J connectivity index is 1.43. The van der Waals surface area contributed by atoms with Gasteiger partial charge in [0.1, 0.15) is 5.82 Å². The molecule has 0 unspecified atom stereocenters. The second kappa shape index (κ2) is 10.5. The van der Waals surface area contributed by atoms with Crippen LogP contribution in [0.1, 0.15) is 62.4 Å². The Kier molecular flexibility index (Phi) is 7.24. The van der Waals surface area contributed by atoms with E-state index in [9.17, 15) is 9.59 Å². The van der Waals surface area contributed by atoms with E-state index in [1.807, 2.05) is 12.3 Å². The fraction of sp³-hybridized carbons (Fsp3) is 0.480. The molecule has 0 spiro atoms. The number of benzene rings is 1. The molecule has 1 aromatic heterocycles.